The SMILES string of the molecule is CC(CO)Cn1c(=O)n(C)c2ccccc21. The maximum atomic E-state index is 12.0. The number of para-hydroxylation sites is 2. The zero-order valence-corrected chi connectivity index (χ0v) is 9.55. The van der Waals surface area contributed by atoms with Gasteiger partial charge in [-0.25, -0.2) is 4.79 Å². The molecule has 0 aliphatic heterocycles. The third-order valence-corrected chi connectivity index (χ3v) is 2.86. The summed E-state index contributed by atoms with van der Waals surface area (Å²) in [6, 6.07) is 7.70. The highest BCUT2D eigenvalue weighted by atomic mass is 16.3. The molecule has 0 spiro atoms. The standard InChI is InChI=1S/C12H16N2O2/c1-9(8-15)7-14-11-6-4-3-5-10(11)13(2)12(14)16/h3-6,9,15H,7-8H2,1-2H3. The number of aliphatic hydroxyl groups is 1. The Morgan fingerprint density at radius 1 is 1.31 bits per heavy atom. The monoisotopic (exact) mass is 220 g/mol. The number of hydrogen-bond acceptors (Lipinski definition) is 2. The second-order valence-electron chi connectivity index (χ2n) is 4.23. The summed E-state index contributed by atoms with van der Waals surface area (Å²) < 4.78 is 3.36. The lowest BCUT2D eigenvalue weighted by Crippen LogP contribution is -2.25. The first-order valence-corrected chi connectivity index (χ1v) is 5.40. The second kappa shape index (κ2) is 4.14. The Hall–Kier alpha value is -1.55. The van der Waals surface area contributed by atoms with Crippen molar-refractivity contribution in [3.63, 3.8) is 0 Å². The van der Waals surface area contributed by atoms with Crippen molar-refractivity contribution in [2.45, 2.75) is 13.5 Å². The van der Waals surface area contributed by atoms with Crippen LogP contribution in [0.15, 0.2) is 29.1 Å². The van der Waals surface area contributed by atoms with Crippen molar-refractivity contribution in [2.24, 2.45) is 13.0 Å². The van der Waals surface area contributed by atoms with Crippen LogP contribution in [0, 0.1) is 5.92 Å². The Morgan fingerprint density at radius 3 is 2.56 bits per heavy atom. The molecule has 0 saturated heterocycles. The van der Waals surface area contributed by atoms with E-state index in [9.17, 15) is 4.79 Å². The molecule has 1 aromatic heterocycles. The number of rotatable bonds is 3. The average molecular weight is 220 g/mol. The minimum atomic E-state index is -0.0264. The Kier molecular flexibility index (Phi) is 2.83. The van der Waals surface area contributed by atoms with Crippen LogP contribution >= 0.6 is 0 Å². The van der Waals surface area contributed by atoms with E-state index in [1.54, 1.807) is 16.2 Å². The number of aliphatic hydroxyl groups excluding tert-OH is 1. The van der Waals surface area contributed by atoms with E-state index < -0.39 is 0 Å². The van der Waals surface area contributed by atoms with Crippen molar-refractivity contribution in [1.82, 2.24) is 9.13 Å². The lowest BCUT2D eigenvalue weighted by molar-refractivity contribution is 0.223. The molecule has 1 N–H and O–H groups in total. The summed E-state index contributed by atoms with van der Waals surface area (Å²) in [5, 5.41) is 9.04. The van der Waals surface area contributed by atoms with E-state index >= 15 is 0 Å². The molecule has 1 unspecified atom stereocenters. The van der Waals surface area contributed by atoms with Gasteiger partial charge in [-0.15, -0.1) is 0 Å². The molecule has 1 aromatic carbocycles. The molecule has 2 rings (SSSR count). The molecule has 1 atom stereocenters. The van der Waals surface area contributed by atoms with Crippen molar-refractivity contribution in [3.8, 4) is 0 Å². The van der Waals surface area contributed by atoms with E-state index in [2.05, 4.69) is 0 Å². The van der Waals surface area contributed by atoms with E-state index in [1.165, 1.54) is 0 Å². The van der Waals surface area contributed by atoms with Gasteiger partial charge in [0.05, 0.1) is 11.0 Å². The number of imidazole rings is 1. The summed E-state index contributed by atoms with van der Waals surface area (Å²) in [6.07, 6.45) is 0. The van der Waals surface area contributed by atoms with Gasteiger partial charge < -0.3 is 5.11 Å². The molecule has 0 fully saturated rings. The van der Waals surface area contributed by atoms with Crippen LogP contribution in [0.2, 0.25) is 0 Å². The molecule has 0 radical (unpaired) electrons. The van der Waals surface area contributed by atoms with E-state index in [4.69, 9.17) is 5.11 Å². The first kappa shape index (κ1) is 11.0. The largest absolute Gasteiger partial charge is 0.396 e. The zero-order valence-electron chi connectivity index (χ0n) is 9.55. The van der Waals surface area contributed by atoms with Crippen molar-refractivity contribution in [3.05, 3.63) is 34.7 Å². The van der Waals surface area contributed by atoms with Crippen LogP contribution in [0.3, 0.4) is 0 Å². The number of hydrogen-bond donors (Lipinski definition) is 1. The number of fused-ring (bicyclic) bond motifs is 1. The zero-order chi connectivity index (χ0) is 11.7. The topological polar surface area (TPSA) is 47.2 Å². The third kappa shape index (κ3) is 1.65. The average Bonchev–Trinajstić information content (AvgIpc) is 2.55. The molecule has 86 valence electrons. The molecule has 0 aliphatic rings. The first-order valence-electron chi connectivity index (χ1n) is 5.40. The Morgan fingerprint density at radius 2 is 1.94 bits per heavy atom. The number of nitrogens with zero attached hydrogens (tertiary/aromatic N) is 2. The number of aromatic nitrogens is 2. The van der Waals surface area contributed by atoms with Crippen molar-refractivity contribution < 1.29 is 5.11 Å². The highest BCUT2D eigenvalue weighted by molar-refractivity contribution is 5.75. The van der Waals surface area contributed by atoms with Gasteiger partial charge in [0, 0.05) is 20.2 Å². The van der Waals surface area contributed by atoms with Crippen LogP contribution in [-0.2, 0) is 13.6 Å². The minimum absolute atomic E-state index is 0.0264. The molecule has 0 saturated carbocycles. The van der Waals surface area contributed by atoms with E-state index in [0.717, 1.165) is 11.0 Å². The molecule has 2 aromatic rings. The maximum Gasteiger partial charge on any atom is 0.328 e. The van der Waals surface area contributed by atoms with Gasteiger partial charge in [-0.2, -0.15) is 0 Å². The summed E-state index contributed by atoms with van der Waals surface area (Å²) in [4.78, 5) is 12.0. The Labute approximate surface area is 93.7 Å². The molecule has 0 amide bonds. The minimum Gasteiger partial charge on any atom is -0.396 e. The van der Waals surface area contributed by atoms with Crippen LogP contribution in [0.25, 0.3) is 11.0 Å². The van der Waals surface area contributed by atoms with Crippen molar-refractivity contribution in [2.75, 3.05) is 6.61 Å². The highest BCUT2D eigenvalue weighted by Crippen LogP contribution is 2.12. The van der Waals surface area contributed by atoms with E-state index in [-0.39, 0.29) is 18.2 Å². The second-order valence-corrected chi connectivity index (χ2v) is 4.23. The summed E-state index contributed by atoms with van der Waals surface area (Å²) >= 11 is 0. The molecule has 4 heteroatoms. The number of aryl methyl sites for hydroxylation is 1. The van der Waals surface area contributed by atoms with Crippen molar-refractivity contribution >= 4 is 11.0 Å². The van der Waals surface area contributed by atoms with E-state index in [0.29, 0.717) is 6.54 Å². The summed E-state index contributed by atoms with van der Waals surface area (Å²) in [5.41, 5.74) is 1.83. The summed E-state index contributed by atoms with van der Waals surface area (Å²) in [6.45, 7) is 2.57. The molecular weight excluding hydrogens is 204 g/mol. The van der Waals surface area contributed by atoms with Crippen LogP contribution in [0.4, 0.5) is 0 Å². The van der Waals surface area contributed by atoms with Crippen LogP contribution < -0.4 is 5.69 Å². The summed E-state index contributed by atoms with van der Waals surface area (Å²) in [7, 11) is 1.77. The summed E-state index contributed by atoms with van der Waals surface area (Å²) in [5.74, 6) is 0.0866. The molecule has 1 heterocycles. The van der Waals surface area contributed by atoms with Crippen molar-refractivity contribution in [1.29, 1.82) is 0 Å². The number of benzene rings is 1. The molecule has 16 heavy (non-hydrogen) atoms. The van der Waals surface area contributed by atoms with Gasteiger partial charge in [-0.05, 0) is 18.1 Å². The fraction of sp³-hybridized carbons (Fsp3) is 0.417. The molecule has 0 bridgehead atoms. The van der Waals surface area contributed by atoms with Crippen LogP contribution in [0.1, 0.15) is 6.92 Å². The maximum absolute atomic E-state index is 12.0. The van der Waals surface area contributed by atoms with Crippen LogP contribution in [-0.4, -0.2) is 20.8 Å². The van der Waals surface area contributed by atoms with Gasteiger partial charge in [-0.1, -0.05) is 19.1 Å². The lowest BCUT2D eigenvalue weighted by Gasteiger charge is -2.08. The van der Waals surface area contributed by atoms with Gasteiger partial charge in [-0.3, -0.25) is 9.13 Å². The predicted octanol–water partition coefficient (Wildman–Crippen LogP) is 0.968. The van der Waals surface area contributed by atoms with E-state index in [1.807, 2.05) is 31.2 Å². The van der Waals surface area contributed by atoms with Gasteiger partial charge >= 0.3 is 5.69 Å². The smallest absolute Gasteiger partial charge is 0.328 e. The molecular formula is C12H16N2O2. The van der Waals surface area contributed by atoms with Gasteiger partial charge in [0.2, 0.25) is 0 Å². The Bertz CT molecular complexity index is 554. The Balaban J connectivity index is 2.60. The normalized spacial score (nSPS) is 13.2. The van der Waals surface area contributed by atoms with Gasteiger partial charge in [0.25, 0.3) is 0 Å². The highest BCUT2D eigenvalue weighted by Gasteiger charge is 2.11. The third-order valence-electron chi connectivity index (χ3n) is 2.86. The molecule has 4 nitrogen and oxygen atoms in total. The fourth-order valence-corrected chi connectivity index (χ4v) is 1.91. The first-order chi connectivity index (χ1) is 7.65. The quantitative estimate of drug-likeness (QED) is 0.837. The molecule has 0 aliphatic carbocycles. The lowest BCUT2D eigenvalue weighted by atomic mass is 10.2. The predicted molar refractivity (Wildman–Crippen MR) is 63.4 cm³/mol. The van der Waals surface area contributed by atoms with Crippen LogP contribution in [0.5, 0.6) is 0 Å². The van der Waals surface area contributed by atoms with Gasteiger partial charge in [0.1, 0.15) is 0 Å². The van der Waals surface area contributed by atoms with Gasteiger partial charge in [0.15, 0.2) is 0 Å². The fourth-order valence-electron chi connectivity index (χ4n) is 1.91.